The molecule has 0 amide bonds. The van der Waals surface area contributed by atoms with E-state index in [1.165, 1.54) is 12.8 Å². The van der Waals surface area contributed by atoms with Crippen molar-refractivity contribution < 1.29 is 14.6 Å². The van der Waals surface area contributed by atoms with Crippen LogP contribution in [0, 0.1) is 11.8 Å². The summed E-state index contributed by atoms with van der Waals surface area (Å²) in [4.78, 5) is 11.8. The van der Waals surface area contributed by atoms with E-state index < -0.39 is 17.6 Å². The smallest absolute Gasteiger partial charge is 0.311 e. The third kappa shape index (κ3) is 3.78. The van der Waals surface area contributed by atoms with E-state index in [0.717, 1.165) is 12.8 Å². The molecule has 1 rings (SSSR count). The Kier molecular flexibility index (Phi) is 4.36. The lowest BCUT2D eigenvalue weighted by atomic mass is 9.91. The molecule has 16 heavy (non-hydrogen) atoms. The van der Waals surface area contributed by atoms with Crippen molar-refractivity contribution in [3.05, 3.63) is 0 Å². The molecular formula is C13H24O3. The Morgan fingerprint density at radius 1 is 1.31 bits per heavy atom. The zero-order chi connectivity index (χ0) is 12.3. The molecule has 2 unspecified atom stereocenters. The van der Waals surface area contributed by atoms with Gasteiger partial charge in [-0.25, -0.2) is 0 Å². The van der Waals surface area contributed by atoms with Gasteiger partial charge in [-0.3, -0.25) is 4.79 Å². The standard InChI is InChI=1S/C13H24O3/c1-9(12(15)16-13(2,3)4)11(14)10-7-5-6-8-10/h9-11,14H,5-8H2,1-4H3. The van der Waals surface area contributed by atoms with Gasteiger partial charge in [0, 0.05) is 0 Å². The molecule has 0 radical (unpaired) electrons. The minimum atomic E-state index is -0.544. The summed E-state index contributed by atoms with van der Waals surface area (Å²) in [7, 11) is 0. The first-order chi connectivity index (χ1) is 7.31. The minimum Gasteiger partial charge on any atom is -0.460 e. The molecule has 0 spiro atoms. The van der Waals surface area contributed by atoms with Crippen LogP contribution in [-0.4, -0.2) is 22.8 Å². The second kappa shape index (κ2) is 5.17. The highest BCUT2D eigenvalue weighted by atomic mass is 16.6. The number of esters is 1. The lowest BCUT2D eigenvalue weighted by molar-refractivity contribution is -0.164. The summed E-state index contributed by atoms with van der Waals surface area (Å²) in [6, 6.07) is 0. The molecule has 0 aromatic heterocycles. The monoisotopic (exact) mass is 228 g/mol. The molecule has 0 heterocycles. The largest absolute Gasteiger partial charge is 0.460 e. The Labute approximate surface area is 98.2 Å². The van der Waals surface area contributed by atoms with Crippen LogP contribution in [-0.2, 0) is 9.53 Å². The summed E-state index contributed by atoms with van der Waals surface area (Å²) < 4.78 is 5.28. The molecule has 3 heteroatoms. The molecule has 0 saturated heterocycles. The van der Waals surface area contributed by atoms with Gasteiger partial charge in [0.2, 0.25) is 0 Å². The summed E-state index contributed by atoms with van der Waals surface area (Å²) in [6.45, 7) is 7.30. The van der Waals surface area contributed by atoms with Crippen LogP contribution >= 0.6 is 0 Å². The molecule has 3 nitrogen and oxygen atoms in total. The van der Waals surface area contributed by atoms with Crippen molar-refractivity contribution in [3.63, 3.8) is 0 Å². The van der Waals surface area contributed by atoms with E-state index in [1.54, 1.807) is 6.92 Å². The van der Waals surface area contributed by atoms with Gasteiger partial charge in [0.05, 0.1) is 12.0 Å². The van der Waals surface area contributed by atoms with E-state index in [1.807, 2.05) is 20.8 Å². The van der Waals surface area contributed by atoms with Crippen LogP contribution in [0.5, 0.6) is 0 Å². The number of rotatable bonds is 3. The molecular weight excluding hydrogens is 204 g/mol. The third-order valence-corrected chi connectivity index (χ3v) is 3.17. The van der Waals surface area contributed by atoms with Crippen molar-refractivity contribution in [3.8, 4) is 0 Å². The fourth-order valence-electron chi connectivity index (χ4n) is 2.24. The van der Waals surface area contributed by atoms with Crippen molar-refractivity contribution in [1.29, 1.82) is 0 Å². The van der Waals surface area contributed by atoms with Gasteiger partial charge in [-0.1, -0.05) is 12.8 Å². The van der Waals surface area contributed by atoms with Crippen LogP contribution in [0.1, 0.15) is 53.4 Å². The third-order valence-electron chi connectivity index (χ3n) is 3.17. The Balaban J connectivity index is 2.49. The van der Waals surface area contributed by atoms with Gasteiger partial charge in [0.1, 0.15) is 5.60 Å². The molecule has 0 bridgehead atoms. The van der Waals surface area contributed by atoms with Gasteiger partial charge in [-0.2, -0.15) is 0 Å². The normalized spacial score (nSPS) is 21.8. The Morgan fingerprint density at radius 2 is 1.81 bits per heavy atom. The molecule has 0 aromatic carbocycles. The number of hydrogen-bond donors (Lipinski definition) is 1. The summed E-state index contributed by atoms with van der Waals surface area (Å²) >= 11 is 0. The van der Waals surface area contributed by atoms with Crippen molar-refractivity contribution in [2.75, 3.05) is 0 Å². The Hall–Kier alpha value is -0.570. The quantitative estimate of drug-likeness (QED) is 0.755. The van der Waals surface area contributed by atoms with E-state index in [4.69, 9.17) is 4.74 Å². The molecule has 0 aromatic rings. The average Bonchev–Trinajstić information content (AvgIpc) is 2.65. The lowest BCUT2D eigenvalue weighted by Gasteiger charge is -2.27. The Bertz CT molecular complexity index is 236. The molecule has 1 N–H and O–H groups in total. The second-order valence-corrected chi connectivity index (χ2v) is 5.86. The van der Waals surface area contributed by atoms with Gasteiger partial charge in [0.15, 0.2) is 0 Å². The highest BCUT2D eigenvalue weighted by molar-refractivity contribution is 5.73. The average molecular weight is 228 g/mol. The maximum atomic E-state index is 11.8. The maximum absolute atomic E-state index is 11.8. The van der Waals surface area contributed by atoms with Gasteiger partial charge in [0.25, 0.3) is 0 Å². The van der Waals surface area contributed by atoms with Crippen LogP contribution in [0.25, 0.3) is 0 Å². The first kappa shape index (κ1) is 13.5. The van der Waals surface area contributed by atoms with E-state index in [-0.39, 0.29) is 11.9 Å². The second-order valence-electron chi connectivity index (χ2n) is 5.86. The van der Waals surface area contributed by atoms with Crippen LogP contribution in [0.3, 0.4) is 0 Å². The van der Waals surface area contributed by atoms with E-state index in [0.29, 0.717) is 0 Å². The van der Waals surface area contributed by atoms with Gasteiger partial charge in [-0.05, 0) is 46.5 Å². The van der Waals surface area contributed by atoms with Gasteiger partial charge in [-0.15, -0.1) is 0 Å². The molecule has 0 aliphatic heterocycles. The summed E-state index contributed by atoms with van der Waals surface area (Å²) in [5.41, 5.74) is -0.471. The highest BCUT2D eigenvalue weighted by Gasteiger charge is 2.33. The number of carbonyl (C=O) groups excluding carboxylic acids is 1. The number of ether oxygens (including phenoxy) is 1. The molecule has 1 aliphatic rings. The number of aliphatic hydroxyl groups is 1. The first-order valence-electron chi connectivity index (χ1n) is 6.22. The molecule has 1 aliphatic carbocycles. The molecule has 2 atom stereocenters. The molecule has 94 valence electrons. The summed E-state index contributed by atoms with van der Waals surface area (Å²) in [6.07, 6.45) is 3.87. The van der Waals surface area contributed by atoms with Crippen molar-refractivity contribution in [1.82, 2.24) is 0 Å². The SMILES string of the molecule is CC(C(=O)OC(C)(C)C)C(O)C1CCCC1. The van der Waals surface area contributed by atoms with Gasteiger partial charge < -0.3 is 9.84 Å². The van der Waals surface area contributed by atoms with Crippen molar-refractivity contribution in [2.24, 2.45) is 11.8 Å². The molecule has 1 fully saturated rings. The lowest BCUT2D eigenvalue weighted by Crippen LogP contribution is -2.36. The van der Waals surface area contributed by atoms with Crippen LogP contribution < -0.4 is 0 Å². The van der Waals surface area contributed by atoms with Crippen LogP contribution in [0.4, 0.5) is 0 Å². The summed E-state index contributed by atoms with van der Waals surface area (Å²) in [5.74, 6) is -0.420. The number of hydrogen-bond acceptors (Lipinski definition) is 3. The fourth-order valence-corrected chi connectivity index (χ4v) is 2.24. The molecule has 1 saturated carbocycles. The van der Waals surface area contributed by atoms with Crippen molar-refractivity contribution >= 4 is 5.97 Å². The summed E-state index contributed by atoms with van der Waals surface area (Å²) in [5, 5.41) is 10.1. The highest BCUT2D eigenvalue weighted by Crippen LogP contribution is 2.31. The van der Waals surface area contributed by atoms with Crippen molar-refractivity contribution in [2.45, 2.75) is 65.1 Å². The van der Waals surface area contributed by atoms with E-state index in [9.17, 15) is 9.90 Å². The Morgan fingerprint density at radius 3 is 2.25 bits per heavy atom. The topological polar surface area (TPSA) is 46.5 Å². The van der Waals surface area contributed by atoms with E-state index >= 15 is 0 Å². The van der Waals surface area contributed by atoms with Gasteiger partial charge >= 0.3 is 5.97 Å². The van der Waals surface area contributed by atoms with Crippen LogP contribution in [0.2, 0.25) is 0 Å². The zero-order valence-corrected chi connectivity index (χ0v) is 10.8. The van der Waals surface area contributed by atoms with Crippen LogP contribution in [0.15, 0.2) is 0 Å². The predicted molar refractivity (Wildman–Crippen MR) is 63.0 cm³/mol. The van der Waals surface area contributed by atoms with E-state index in [2.05, 4.69) is 0 Å². The fraction of sp³-hybridized carbons (Fsp3) is 0.923. The maximum Gasteiger partial charge on any atom is 0.311 e. The number of aliphatic hydroxyl groups excluding tert-OH is 1. The first-order valence-corrected chi connectivity index (χ1v) is 6.22. The zero-order valence-electron chi connectivity index (χ0n) is 10.8. The number of carbonyl (C=O) groups is 1. The predicted octanol–water partition coefficient (Wildman–Crippen LogP) is 2.52. The minimum absolute atomic E-state index is 0.280.